The van der Waals surface area contributed by atoms with Gasteiger partial charge in [0.05, 0.1) is 6.54 Å². The molecule has 1 rings (SSSR count). The molecule has 1 fully saturated rings. The Bertz CT molecular complexity index is 240. The second-order valence-electron chi connectivity index (χ2n) is 3.79. The highest BCUT2D eigenvalue weighted by Crippen LogP contribution is 2.19. The topological polar surface area (TPSA) is 78.4 Å². The van der Waals surface area contributed by atoms with Gasteiger partial charge in [0, 0.05) is 0 Å². The van der Waals surface area contributed by atoms with Crippen LogP contribution in [0.25, 0.3) is 0 Å². The quantitative estimate of drug-likeness (QED) is 0.587. The van der Waals surface area contributed by atoms with E-state index in [0.29, 0.717) is 6.42 Å². The van der Waals surface area contributed by atoms with Gasteiger partial charge in [-0.15, -0.1) is 0 Å². The predicted molar refractivity (Wildman–Crippen MR) is 46.4 cm³/mol. The number of hydrogen-bond acceptors (Lipinski definition) is 2. The fourth-order valence-electron chi connectivity index (χ4n) is 1.57. The largest absolute Gasteiger partial charge is 0.479 e. The number of aliphatic carboxylic acids is 1. The number of amides is 2. The van der Waals surface area contributed by atoms with Gasteiger partial charge < -0.3 is 15.7 Å². The van der Waals surface area contributed by atoms with Crippen molar-refractivity contribution < 1.29 is 14.7 Å². The first-order valence-electron chi connectivity index (χ1n) is 4.26. The van der Waals surface area contributed by atoms with Crippen LogP contribution in [-0.4, -0.2) is 29.2 Å². The van der Waals surface area contributed by atoms with E-state index in [1.807, 2.05) is 13.8 Å². The number of urea groups is 1. The normalized spacial score (nSPS) is 27.2. The lowest BCUT2D eigenvalue weighted by molar-refractivity contribution is -0.144. The number of nitrogens with one attached hydrogen (secondary N) is 2. The highest BCUT2D eigenvalue weighted by Gasteiger charge is 2.44. The Morgan fingerprint density at radius 2 is 2.31 bits per heavy atom. The lowest BCUT2D eigenvalue weighted by Crippen LogP contribution is -2.51. The van der Waals surface area contributed by atoms with Crippen LogP contribution in [0.5, 0.6) is 0 Å². The van der Waals surface area contributed by atoms with Crippen molar-refractivity contribution in [2.45, 2.75) is 25.8 Å². The Morgan fingerprint density at radius 3 is 2.62 bits per heavy atom. The predicted octanol–water partition coefficient (Wildman–Crippen LogP) is 0.169. The van der Waals surface area contributed by atoms with E-state index in [9.17, 15) is 9.59 Å². The van der Waals surface area contributed by atoms with Gasteiger partial charge in [-0.1, -0.05) is 13.8 Å². The molecule has 3 N–H and O–H groups in total. The average molecular weight is 186 g/mol. The first-order chi connectivity index (χ1) is 5.96. The second kappa shape index (κ2) is 3.24. The third-order valence-corrected chi connectivity index (χ3v) is 2.07. The van der Waals surface area contributed by atoms with Crippen LogP contribution >= 0.6 is 0 Å². The standard InChI is InChI=1S/C8H14N2O3/c1-5(2)3-8(6(11)12)4-9-7(13)10-8/h5H,3-4H2,1-2H3,(H,11,12)(H2,9,10,13). The van der Waals surface area contributed by atoms with Gasteiger partial charge in [-0.05, 0) is 12.3 Å². The molecule has 2 amide bonds. The van der Waals surface area contributed by atoms with Crippen molar-refractivity contribution in [1.82, 2.24) is 10.6 Å². The highest BCUT2D eigenvalue weighted by atomic mass is 16.4. The number of carbonyl (C=O) groups excluding carboxylic acids is 1. The van der Waals surface area contributed by atoms with Gasteiger partial charge in [0.25, 0.3) is 0 Å². The fraction of sp³-hybridized carbons (Fsp3) is 0.750. The van der Waals surface area contributed by atoms with Crippen LogP contribution < -0.4 is 10.6 Å². The second-order valence-corrected chi connectivity index (χ2v) is 3.79. The van der Waals surface area contributed by atoms with Gasteiger partial charge >= 0.3 is 12.0 Å². The molecule has 0 aromatic rings. The van der Waals surface area contributed by atoms with E-state index >= 15 is 0 Å². The lowest BCUT2D eigenvalue weighted by Gasteiger charge is -2.24. The van der Waals surface area contributed by atoms with Crippen LogP contribution in [0.15, 0.2) is 0 Å². The van der Waals surface area contributed by atoms with Gasteiger partial charge in [-0.3, -0.25) is 0 Å². The summed E-state index contributed by atoms with van der Waals surface area (Å²) >= 11 is 0. The van der Waals surface area contributed by atoms with Crippen LogP contribution in [0.3, 0.4) is 0 Å². The van der Waals surface area contributed by atoms with Crippen molar-refractivity contribution >= 4 is 12.0 Å². The maximum Gasteiger partial charge on any atom is 0.331 e. The molecule has 74 valence electrons. The van der Waals surface area contributed by atoms with Crippen LogP contribution in [0.4, 0.5) is 4.79 Å². The third-order valence-electron chi connectivity index (χ3n) is 2.07. The molecular formula is C8H14N2O3. The van der Waals surface area contributed by atoms with Crippen LogP contribution in [0.2, 0.25) is 0 Å². The van der Waals surface area contributed by atoms with E-state index < -0.39 is 17.5 Å². The molecule has 0 aromatic carbocycles. The molecule has 1 atom stereocenters. The Balaban J connectivity index is 2.77. The molecule has 5 nitrogen and oxygen atoms in total. The van der Waals surface area contributed by atoms with Gasteiger partial charge in [-0.2, -0.15) is 0 Å². The van der Waals surface area contributed by atoms with Crippen molar-refractivity contribution in [2.75, 3.05) is 6.54 Å². The van der Waals surface area contributed by atoms with E-state index in [2.05, 4.69) is 10.6 Å². The summed E-state index contributed by atoms with van der Waals surface area (Å²) in [6, 6.07) is -0.400. The SMILES string of the molecule is CC(C)CC1(C(=O)O)CNC(=O)N1. The molecule has 0 spiro atoms. The van der Waals surface area contributed by atoms with E-state index in [1.165, 1.54) is 0 Å². The summed E-state index contributed by atoms with van der Waals surface area (Å²) < 4.78 is 0. The van der Waals surface area contributed by atoms with Gasteiger partial charge in [-0.25, -0.2) is 9.59 Å². The Kier molecular flexibility index (Phi) is 2.45. The monoisotopic (exact) mass is 186 g/mol. The number of carboxylic acids is 1. The van der Waals surface area contributed by atoms with Crippen molar-refractivity contribution in [3.63, 3.8) is 0 Å². The molecule has 1 aliphatic rings. The summed E-state index contributed by atoms with van der Waals surface area (Å²) in [6.45, 7) is 4.02. The lowest BCUT2D eigenvalue weighted by atomic mass is 9.90. The molecule has 0 bridgehead atoms. The highest BCUT2D eigenvalue weighted by molar-refractivity contribution is 5.90. The molecule has 0 radical (unpaired) electrons. The smallest absolute Gasteiger partial charge is 0.331 e. The molecule has 13 heavy (non-hydrogen) atoms. The minimum Gasteiger partial charge on any atom is -0.479 e. The summed E-state index contributed by atoms with van der Waals surface area (Å²) in [5, 5.41) is 13.9. The van der Waals surface area contributed by atoms with Gasteiger partial charge in [0.2, 0.25) is 0 Å². The fourth-order valence-corrected chi connectivity index (χ4v) is 1.57. The summed E-state index contributed by atoms with van der Waals surface area (Å²) in [6.07, 6.45) is 0.446. The van der Waals surface area contributed by atoms with Crippen molar-refractivity contribution in [3.05, 3.63) is 0 Å². The summed E-state index contributed by atoms with van der Waals surface area (Å²) in [7, 11) is 0. The number of hydrogen-bond donors (Lipinski definition) is 3. The molecule has 5 heteroatoms. The zero-order valence-electron chi connectivity index (χ0n) is 7.76. The summed E-state index contributed by atoms with van der Waals surface area (Å²) in [5.74, 6) is -0.740. The third kappa shape index (κ3) is 1.91. The van der Waals surface area contributed by atoms with Gasteiger partial charge in [0.1, 0.15) is 0 Å². The molecule has 1 aliphatic heterocycles. The molecule has 1 heterocycles. The zero-order chi connectivity index (χ0) is 10.1. The maximum atomic E-state index is 10.9. The Hall–Kier alpha value is -1.26. The minimum absolute atomic E-state index is 0.166. The van der Waals surface area contributed by atoms with E-state index in [1.54, 1.807) is 0 Å². The molecule has 0 aliphatic carbocycles. The number of rotatable bonds is 3. The molecule has 0 saturated carbocycles. The van der Waals surface area contributed by atoms with Gasteiger partial charge in [0.15, 0.2) is 5.54 Å². The Morgan fingerprint density at radius 1 is 1.69 bits per heavy atom. The number of carboxylic acid groups (broad SMARTS) is 1. The minimum atomic E-state index is -1.11. The molecule has 1 unspecified atom stereocenters. The molecular weight excluding hydrogens is 172 g/mol. The average Bonchev–Trinajstić information content (AvgIpc) is 2.31. The van der Waals surface area contributed by atoms with Crippen molar-refractivity contribution in [1.29, 1.82) is 0 Å². The van der Waals surface area contributed by atoms with Crippen molar-refractivity contribution in [3.8, 4) is 0 Å². The Labute approximate surface area is 76.5 Å². The van der Waals surface area contributed by atoms with E-state index in [-0.39, 0.29) is 12.5 Å². The first-order valence-corrected chi connectivity index (χ1v) is 4.26. The van der Waals surface area contributed by atoms with Crippen LogP contribution in [-0.2, 0) is 4.79 Å². The zero-order valence-corrected chi connectivity index (χ0v) is 7.76. The van der Waals surface area contributed by atoms with Crippen LogP contribution in [0.1, 0.15) is 20.3 Å². The summed E-state index contributed by atoms with van der Waals surface area (Å²) in [5.41, 5.74) is -1.11. The molecule has 1 saturated heterocycles. The van der Waals surface area contributed by atoms with E-state index in [4.69, 9.17) is 5.11 Å². The molecule has 0 aromatic heterocycles. The van der Waals surface area contributed by atoms with Crippen LogP contribution in [0, 0.1) is 5.92 Å². The number of carbonyl (C=O) groups is 2. The first kappa shape index (κ1) is 9.83. The van der Waals surface area contributed by atoms with Crippen molar-refractivity contribution in [2.24, 2.45) is 5.92 Å². The maximum absolute atomic E-state index is 10.9. The van der Waals surface area contributed by atoms with E-state index in [0.717, 1.165) is 0 Å². The summed E-state index contributed by atoms with van der Waals surface area (Å²) in [4.78, 5) is 21.8.